The molecule has 0 spiro atoms. The number of hydrogen-bond donors (Lipinski definition) is 2. The van der Waals surface area contributed by atoms with Gasteiger partial charge >= 0.3 is 0 Å². The maximum atomic E-state index is 11.7. The number of nitrogens with two attached hydrogens (primary N) is 1. The molecule has 1 rings (SSSR count). The molecule has 1 fully saturated rings. The van der Waals surface area contributed by atoms with Crippen LogP contribution in [0, 0.1) is 0 Å². The van der Waals surface area contributed by atoms with Crippen LogP contribution in [-0.2, 0) is 4.79 Å². The first kappa shape index (κ1) is 14.5. The topological polar surface area (TPSA) is 58.4 Å². The van der Waals surface area contributed by atoms with E-state index in [2.05, 4.69) is 17.1 Å². The first-order chi connectivity index (χ1) is 8.11. The molecule has 4 heteroatoms. The quantitative estimate of drug-likeness (QED) is 0.656. The summed E-state index contributed by atoms with van der Waals surface area (Å²) in [4.78, 5) is 14.0. The molecule has 1 aliphatic heterocycles. The van der Waals surface area contributed by atoms with Crippen molar-refractivity contribution in [3.8, 4) is 0 Å². The molecule has 17 heavy (non-hydrogen) atoms. The van der Waals surface area contributed by atoms with Gasteiger partial charge in [-0.05, 0) is 13.3 Å². The lowest BCUT2D eigenvalue weighted by Gasteiger charge is -2.41. The maximum absolute atomic E-state index is 11.7. The number of nitrogens with one attached hydrogen (secondary N) is 1. The lowest BCUT2D eigenvalue weighted by molar-refractivity contribution is -0.130. The summed E-state index contributed by atoms with van der Waals surface area (Å²) in [5.41, 5.74) is 5.17. The molecule has 0 aromatic carbocycles. The van der Waals surface area contributed by atoms with Gasteiger partial charge in [0.1, 0.15) is 0 Å². The number of carbonyl (C=O) groups excluding carboxylic acids is 1. The van der Waals surface area contributed by atoms with E-state index in [1.807, 2.05) is 6.92 Å². The van der Waals surface area contributed by atoms with Crippen molar-refractivity contribution in [2.24, 2.45) is 5.73 Å². The van der Waals surface area contributed by atoms with Crippen LogP contribution >= 0.6 is 0 Å². The van der Waals surface area contributed by atoms with Crippen LogP contribution in [0.4, 0.5) is 0 Å². The number of hydrogen-bond acceptors (Lipinski definition) is 3. The number of nitrogens with zero attached hydrogens (tertiary/aromatic N) is 1. The fourth-order valence-electron chi connectivity index (χ4n) is 2.49. The molecule has 0 aliphatic carbocycles. The van der Waals surface area contributed by atoms with Gasteiger partial charge in [0.25, 0.3) is 0 Å². The molecule has 1 unspecified atom stereocenters. The Kier molecular flexibility index (Phi) is 5.92. The third-order valence-electron chi connectivity index (χ3n) is 3.86. The molecule has 1 aliphatic rings. The van der Waals surface area contributed by atoms with Crippen molar-refractivity contribution in [3.63, 3.8) is 0 Å². The van der Waals surface area contributed by atoms with Crippen LogP contribution in [0.5, 0.6) is 0 Å². The van der Waals surface area contributed by atoms with Crippen LogP contribution in [0.15, 0.2) is 0 Å². The van der Waals surface area contributed by atoms with Crippen molar-refractivity contribution in [3.05, 3.63) is 0 Å². The van der Waals surface area contributed by atoms with E-state index in [9.17, 15) is 4.79 Å². The molecule has 0 radical (unpaired) electrons. The summed E-state index contributed by atoms with van der Waals surface area (Å²) in [6.45, 7) is 7.96. The molecule has 0 saturated carbocycles. The average Bonchev–Trinajstić information content (AvgIpc) is 2.35. The monoisotopic (exact) mass is 241 g/mol. The molecule has 3 N–H and O–H groups in total. The highest BCUT2D eigenvalue weighted by Gasteiger charge is 2.37. The number of carbonyl (C=O) groups is 1. The second-order valence-corrected chi connectivity index (χ2v) is 5.19. The van der Waals surface area contributed by atoms with Gasteiger partial charge in [-0.1, -0.05) is 32.6 Å². The Labute approximate surface area is 105 Å². The van der Waals surface area contributed by atoms with Gasteiger partial charge < -0.3 is 11.1 Å². The first-order valence-corrected chi connectivity index (χ1v) is 6.87. The Morgan fingerprint density at radius 3 is 2.47 bits per heavy atom. The minimum absolute atomic E-state index is 0.170. The van der Waals surface area contributed by atoms with Gasteiger partial charge in [0.05, 0.1) is 5.54 Å². The van der Waals surface area contributed by atoms with Gasteiger partial charge in [0.2, 0.25) is 5.91 Å². The summed E-state index contributed by atoms with van der Waals surface area (Å²) in [5, 5.41) is 3.31. The van der Waals surface area contributed by atoms with Crippen LogP contribution in [0.1, 0.15) is 46.0 Å². The lowest BCUT2D eigenvalue weighted by Crippen LogP contribution is -2.60. The van der Waals surface area contributed by atoms with Crippen LogP contribution in [0.2, 0.25) is 0 Å². The fourth-order valence-corrected chi connectivity index (χ4v) is 2.49. The smallest absolute Gasteiger partial charge is 0.237 e. The number of amides is 1. The standard InChI is InChI=1S/C13H27N3O/c1-3-4-5-6-7-13(2,12(14)17)16-10-8-15-9-11-16/h15H,3-11H2,1-2H3,(H2,14,17). The highest BCUT2D eigenvalue weighted by atomic mass is 16.1. The van der Waals surface area contributed by atoms with E-state index >= 15 is 0 Å². The van der Waals surface area contributed by atoms with Gasteiger partial charge in [0, 0.05) is 26.2 Å². The van der Waals surface area contributed by atoms with Gasteiger partial charge in [-0.3, -0.25) is 9.69 Å². The van der Waals surface area contributed by atoms with Gasteiger partial charge in [0.15, 0.2) is 0 Å². The predicted molar refractivity (Wildman–Crippen MR) is 70.8 cm³/mol. The van der Waals surface area contributed by atoms with Crippen LogP contribution in [-0.4, -0.2) is 42.5 Å². The van der Waals surface area contributed by atoms with E-state index in [4.69, 9.17) is 5.73 Å². The summed E-state index contributed by atoms with van der Waals surface area (Å²) in [6, 6.07) is 0. The lowest BCUT2D eigenvalue weighted by atomic mass is 9.90. The summed E-state index contributed by atoms with van der Waals surface area (Å²) >= 11 is 0. The van der Waals surface area contributed by atoms with E-state index in [1.165, 1.54) is 19.3 Å². The zero-order valence-electron chi connectivity index (χ0n) is 11.3. The summed E-state index contributed by atoms with van der Waals surface area (Å²) < 4.78 is 0. The Balaban J connectivity index is 2.51. The largest absolute Gasteiger partial charge is 0.368 e. The second kappa shape index (κ2) is 6.97. The number of unbranched alkanes of at least 4 members (excludes halogenated alkanes) is 3. The van der Waals surface area contributed by atoms with Gasteiger partial charge in [-0.2, -0.15) is 0 Å². The molecule has 0 aromatic heterocycles. The van der Waals surface area contributed by atoms with Crippen molar-refractivity contribution in [1.29, 1.82) is 0 Å². The Hall–Kier alpha value is -0.610. The molecule has 4 nitrogen and oxygen atoms in total. The summed E-state index contributed by atoms with van der Waals surface area (Å²) in [5.74, 6) is -0.170. The molecule has 1 amide bonds. The number of piperazine rings is 1. The third-order valence-corrected chi connectivity index (χ3v) is 3.86. The van der Waals surface area contributed by atoms with Crippen molar-refractivity contribution in [2.45, 2.75) is 51.5 Å². The van der Waals surface area contributed by atoms with Gasteiger partial charge in [-0.15, -0.1) is 0 Å². The Morgan fingerprint density at radius 1 is 1.29 bits per heavy atom. The summed E-state index contributed by atoms with van der Waals surface area (Å²) in [6.07, 6.45) is 5.66. The van der Waals surface area contributed by atoms with E-state index in [0.717, 1.165) is 39.0 Å². The average molecular weight is 241 g/mol. The fraction of sp³-hybridized carbons (Fsp3) is 0.923. The SMILES string of the molecule is CCCCCCC(C)(C(N)=O)N1CCNCC1. The van der Waals surface area contributed by atoms with E-state index in [-0.39, 0.29) is 5.91 Å². The molecule has 1 saturated heterocycles. The predicted octanol–water partition coefficient (Wildman–Crippen LogP) is 1.11. The number of primary amides is 1. The summed E-state index contributed by atoms with van der Waals surface area (Å²) in [7, 11) is 0. The van der Waals surface area contributed by atoms with Gasteiger partial charge in [-0.25, -0.2) is 0 Å². The van der Waals surface area contributed by atoms with E-state index in [1.54, 1.807) is 0 Å². The minimum atomic E-state index is -0.449. The van der Waals surface area contributed by atoms with Crippen molar-refractivity contribution >= 4 is 5.91 Å². The molecular formula is C13H27N3O. The van der Waals surface area contributed by atoms with Crippen LogP contribution < -0.4 is 11.1 Å². The second-order valence-electron chi connectivity index (χ2n) is 5.19. The molecule has 1 atom stereocenters. The third kappa shape index (κ3) is 3.96. The Morgan fingerprint density at radius 2 is 1.94 bits per heavy atom. The van der Waals surface area contributed by atoms with Crippen LogP contribution in [0.3, 0.4) is 0 Å². The highest BCUT2D eigenvalue weighted by Crippen LogP contribution is 2.23. The van der Waals surface area contributed by atoms with E-state index in [0.29, 0.717) is 0 Å². The maximum Gasteiger partial charge on any atom is 0.237 e. The molecule has 100 valence electrons. The molecule has 0 bridgehead atoms. The zero-order valence-corrected chi connectivity index (χ0v) is 11.3. The molecule has 0 aromatic rings. The molecule has 1 heterocycles. The highest BCUT2D eigenvalue weighted by molar-refractivity contribution is 5.84. The van der Waals surface area contributed by atoms with Crippen molar-refractivity contribution in [2.75, 3.05) is 26.2 Å². The van der Waals surface area contributed by atoms with Crippen molar-refractivity contribution < 1.29 is 4.79 Å². The molecular weight excluding hydrogens is 214 g/mol. The van der Waals surface area contributed by atoms with E-state index < -0.39 is 5.54 Å². The van der Waals surface area contributed by atoms with Crippen LogP contribution in [0.25, 0.3) is 0 Å². The number of rotatable bonds is 7. The zero-order chi connectivity index (χ0) is 12.7. The van der Waals surface area contributed by atoms with Crippen molar-refractivity contribution in [1.82, 2.24) is 10.2 Å². The Bertz CT molecular complexity index is 239. The minimum Gasteiger partial charge on any atom is -0.368 e. The normalized spacial score (nSPS) is 21.1. The first-order valence-electron chi connectivity index (χ1n) is 6.87.